The Labute approximate surface area is 141 Å². The van der Waals surface area contributed by atoms with Gasteiger partial charge in [0.05, 0.1) is 14.2 Å². The highest BCUT2D eigenvalue weighted by atomic mass is 16.5. The first-order chi connectivity index (χ1) is 11.4. The van der Waals surface area contributed by atoms with Crippen LogP contribution < -0.4 is 14.8 Å². The van der Waals surface area contributed by atoms with Crippen LogP contribution in [-0.4, -0.2) is 30.3 Å². The van der Waals surface area contributed by atoms with Gasteiger partial charge in [-0.2, -0.15) is 4.98 Å². The van der Waals surface area contributed by atoms with Gasteiger partial charge in [-0.1, -0.05) is 19.0 Å². The van der Waals surface area contributed by atoms with Gasteiger partial charge >= 0.3 is 0 Å². The van der Waals surface area contributed by atoms with E-state index in [-0.39, 0.29) is 11.9 Å². The van der Waals surface area contributed by atoms with Gasteiger partial charge in [-0.3, -0.25) is 4.79 Å². The predicted molar refractivity (Wildman–Crippen MR) is 88.9 cm³/mol. The van der Waals surface area contributed by atoms with Crippen molar-refractivity contribution in [1.82, 2.24) is 15.5 Å². The van der Waals surface area contributed by atoms with Gasteiger partial charge in [0.1, 0.15) is 6.04 Å². The highest BCUT2D eigenvalue weighted by molar-refractivity contribution is 5.76. The number of carbonyl (C=O) groups is 1. The van der Waals surface area contributed by atoms with Crippen LogP contribution in [0.1, 0.15) is 39.1 Å². The van der Waals surface area contributed by atoms with Crippen LogP contribution in [-0.2, 0) is 4.79 Å². The Balaban J connectivity index is 2.14. The number of hydrogen-bond donors (Lipinski definition) is 1. The van der Waals surface area contributed by atoms with Gasteiger partial charge in [0.15, 0.2) is 11.5 Å². The monoisotopic (exact) mass is 333 g/mol. The second kappa shape index (κ2) is 7.81. The zero-order valence-corrected chi connectivity index (χ0v) is 14.6. The lowest BCUT2D eigenvalue weighted by Crippen LogP contribution is -2.27. The Kier molecular flexibility index (Phi) is 5.78. The average molecular weight is 333 g/mol. The maximum Gasteiger partial charge on any atom is 0.249 e. The van der Waals surface area contributed by atoms with Crippen molar-refractivity contribution in [3.63, 3.8) is 0 Å². The summed E-state index contributed by atoms with van der Waals surface area (Å²) in [5.74, 6) is 2.25. The quantitative estimate of drug-likeness (QED) is 0.838. The van der Waals surface area contributed by atoms with Crippen LogP contribution >= 0.6 is 0 Å². The summed E-state index contributed by atoms with van der Waals surface area (Å²) in [6.45, 7) is 5.79. The van der Waals surface area contributed by atoms with E-state index in [0.717, 1.165) is 5.56 Å². The van der Waals surface area contributed by atoms with E-state index in [4.69, 9.17) is 14.0 Å². The van der Waals surface area contributed by atoms with Gasteiger partial charge < -0.3 is 19.3 Å². The summed E-state index contributed by atoms with van der Waals surface area (Å²) in [4.78, 5) is 16.2. The number of methoxy groups -OCH3 is 2. The lowest BCUT2D eigenvalue weighted by atomic mass is 10.1. The first kappa shape index (κ1) is 17.8. The second-order valence-corrected chi connectivity index (χ2v) is 5.91. The summed E-state index contributed by atoms with van der Waals surface area (Å²) in [7, 11) is 3.14. The van der Waals surface area contributed by atoms with Crippen molar-refractivity contribution in [3.8, 4) is 22.9 Å². The van der Waals surface area contributed by atoms with Crippen molar-refractivity contribution < 1.29 is 18.8 Å². The molecule has 0 bridgehead atoms. The first-order valence-electron chi connectivity index (χ1n) is 7.80. The summed E-state index contributed by atoms with van der Waals surface area (Å²) in [5, 5.41) is 6.83. The molecular formula is C17H23N3O4. The number of nitrogens with zero attached hydrogens (tertiary/aromatic N) is 2. The summed E-state index contributed by atoms with van der Waals surface area (Å²) < 4.78 is 15.8. The maximum absolute atomic E-state index is 11.8. The van der Waals surface area contributed by atoms with Gasteiger partial charge in [0.2, 0.25) is 17.6 Å². The molecule has 7 heteroatoms. The molecule has 1 N–H and O–H groups in total. The molecule has 0 saturated carbocycles. The fraction of sp³-hybridized carbons (Fsp3) is 0.471. The third-order valence-electron chi connectivity index (χ3n) is 3.43. The zero-order chi connectivity index (χ0) is 17.7. The number of nitrogens with one attached hydrogen (secondary N) is 1. The molecule has 2 rings (SSSR count). The molecule has 0 spiro atoms. The van der Waals surface area contributed by atoms with E-state index in [0.29, 0.717) is 35.6 Å². The standard InChI is InChI=1S/C17H23N3O4/c1-10(2)8-15(21)18-11(3)17-19-16(20-24-17)12-6-7-13(22-4)14(9-12)23-5/h6-7,9-11H,8H2,1-5H3,(H,18,21)/t11-/m1/s1. The van der Waals surface area contributed by atoms with E-state index in [1.54, 1.807) is 26.4 Å². The molecule has 2 aromatic rings. The van der Waals surface area contributed by atoms with Crippen molar-refractivity contribution >= 4 is 5.91 Å². The number of aromatic nitrogens is 2. The Morgan fingerprint density at radius 3 is 2.54 bits per heavy atom. The van der Waals surface area contributed by atoms with Crippen LogP contribution in [0.25, 0.3) is 11.4 Å². The highest BCUT2D eigenvalue weighted by Crippen LogP contribution is 2.31. The number of rotatable bonds is 7. The van der Waals surface area contributed by atoms with Crippen LogP contribution in [0.5, 0.6) is 11.5 Å². The molecular weight excluding hydrogens is 310 g/mol. The molecule has 1 atom stereocenters. The minimum Gasteiger partial charge on any atom is -0.493 e. The molecule has 1 amide bonds. The van der Waals surface area contributed by atoms with E-state index in [1.165, 1.54) is 0 Å². The van der Waals surface area contributed by atoms with Crippen molar-refractivity contribution in [2.75, 3.05) is 14.2 Å². The molecule has 7 nitrogen and oxygen atoms in total. The third kappa shape index (κ3) is 4.24. The van der Waals surface area contributed by atoms with Crippen LogP contribution in [0.2, 0.25) is 0 Å². The van der Waals surface area contributed by atoms with Crippen molar-refractivity contribution in [3.05, 3.63) is 24.1 Å². The van der Waals surface area contributed by atoms with E-state index < -0.39 is 0 Å². The van der Waals surface area contributed by atoms with Gasteiger partial charge in [0, 0.05) is 12.0 Å². The number of hydrogen-bond acceptors (Lipinski definition) is 6. The summed E-state index contributed by atoms with van der Waals surface area (Å²) >= 11 is 0. The number of amides is 1. The summed E-state index contributed by atoms with van der Waals surface area (Å²) in [5.41, 5.74) is 0.739. The molecule has 130 valence electrons. The van der Waals surface area contributed by atoms with E-state index in [1.807, 2.05) is 26.8 Å². The Hall–Kier alpha value is -2.57. The summed E-state index contributed by atoms with van der Waals surface area (Å²) in [6.07, 6.45) is 0.459. The first-order valence-corrected chi connectivity index (χ1v) is 7.80. The fourth-order valence-corrected chi connectivity index (χ4v) is 2.24. The molecule has 0 radical (unpaired) electrons. The molecule has 0 unspecified atom stereocenters. The molecule has 1 aromatic carbocycles. The topological polar surface area (TPSA) is 86.5 Å². The SMILES string of the molecule is COc1ccc(-c2noc([C@@H](C)NC(=O)CC(C)C)n2)cc1OC. The molecule has 1 heterocycles. The second-order valence-electron chi connectivity index (χ2n) is 5.91. The Bertz CT molecular complexity index is 697. The number of carbonyl (C=O) groups excluding carboxylic acids is 1. The van der Waals surface area contributed by atoms with E-state index in [9.17, 15) is 4.79 Å². The molecule has 0 aliphatic carbocycles. The number of benzene rings is 1. The Morgan fingerprint density at radius 2 is 1.92 bits per heavy atom. The third-order valence-corrected chi connectivity index (χ3v) is 3.43. The minimum atomic E-state index is -0.349. The van der Waals surface area contributed by atoms with Gasteiger partial charge in [0.25, 0.3) is 0 Å². The normalized spacial score (nSPS) is 12.1. The lowest BCUT2D eigenvalue weighted by molar-refractivity contribution is -0.122. The van der Waals surface area contributed by atoms with E-state index in [2.05, 4.69) is 15.5 Å². The van der Waals surface area contributed by atoms with Crippen molar-refractivity contribution in [1.29, 1.82) is 0 Å². The maximum atomic E-state index is 11.8. The smallest absolute Gasteiger partial charge is 0.249 e. The van der Waals surface area contributed by atoms with Crippen molar-refractivity contribution in [2.45, 2.75) is 33.2 Å². The fourth-order valence-electron chi connectivity index (χ4n) is 2.24. The minimum absolute atomic E-state index is 0.0385. The molecule has 0 saturated heterocycles. The van der Waals surface area contributed by atoms with Crippen LogP contribution in [0.3, 0.4) is 0 Å². The number of ether oxygens (including phenoxy) is 2. The molecule has 0 aliphatic rings. The van der Waals surface area contributed by atoms with Gasteiger partial charge in [-0.25, -0.2) is 0 Å². The molecule has 24 heavy (non-hydrogen) atoms. The average Bonchev–Trinajstić information content (AvgIpc) is 3.03. The largest absolute Gasteiger partial charge is 0.493 e. The summed E-state index contributed by atoms with van der Waals surface area (Å²) in [6, 6.07) is 5.02. The van der Waals surface area contributed by atoms with Crippen LogP contribution in [0.15, 0.2) is 22.7 Å². The lowest BCUT2D eigenvalue weighted by Gasteiger charge is -2.10. The zero-order valence-electron chi connectivity index (χ0n) is 14.6. The van der Waals surface area contributed by atoms with E-state index >= 15 is 0 Å². The highest BCUT2D eigenvalue weighted by Gasteiger charge is 2.18. The van der Waals surface area contributed by atoms with Gasteiger partial charge in [-0.05, 0) is 31.0 Å². The molecule has 0 aliphatic heterocycles. The van der Waals surface area contributed by atoms with Crippen LogP contribution in [0, 0.1) is 5.92 Å². The predicted octanol–water partition coefficient (Wildman–Crippen LogP) is 2.98. The van der Waals surface area contributed by atoms with Gasteiger partial charge in [-0.15, -0.1) is 0 Å². The molecule has 0 fully saturated rings. The Morgan fingerprint density at radius 1 is 1.21 bits per heavy atom. The van der Waals surface area contributed by atoms with Crippen LogP contribution in [0.4, 0.5) is 0 Å². The molecule has 1 aromatic heterocycles. The van der Waals surface area contributed by atoms with Crippen molar-refractivity contribution in [2.24, 2.45) is 5.92 Å².